The van der Waals surface area contributed by atoms with Crippen LogP contribution in [0, 0.1) is 5.92 Å². The summed E-state index contributed by atoms with van der Waals surface area (Å²) in [7, 11) is 1.38. The lowest BCUT2D eigenvalue weighted by molar-refractivity contribution is 0.0599. The first-order chi connectivity index (χ1) is 12.6. The van der Waals surface area contributed by atoms with Crippen molar-refractivity contribution in [3.05, 3.63) is 76.9 Å². The highest BCUT2D eigenvalue weighted by Crippen LogP contribution is 2.49. The molecule has 1 heterocycles. The minimum absolute atomic E-state index is 0.0920. The van der Waals surface area contributed by atoms with E-state index in [2.05, 4.69) is 17.5 Å². The number of carboxylic acid groups (broad SMARTS) is 1. The van der Waals surface area contributed by atoms with Crippen molar-refractivity contribution in [3.63, 3.8) is 0 Å². The minimum Gasteiger partial charge on any atom is -0.478 e. The lowest BCUT2D eigenvalue weighted by atomic mass is 9.76. The Morgan fingerprint density at radius 3 is 2.54 bits per heavy atom. The highest BCUT2D eigenvalue weighted by Gasteiger charge is 2.38. The van der Waals surface area contributed by atoms with Gasteiger partial charge in [-0.1, -0.05) is 24.3 Å². The molecule has 2 aromatic rings. The molecule has 5 heteroatoms. The smallest absolute Gasteiger partial charge is 0.337 e. The maximum atomic E-state index is 11.9. The molecule has 2 N–H and O–H groups in total. The Bertz CT molecular complexity index is 901. The number of anilines is 1. The summed E-state index contributed by atoms with van der Waals surface area (Å²) in [5.41, 5.74) is 4.00. The van der Waals surface area contributed by atoms with E-state index >= 15 is 0 Å². The number of hydrogen-bond acceptors (Lipinski definition) is 4. The van der Waals surface area contributed by atoms with Crippen LogP contribution in [0.1, 0.15) is 50.2 Å². The summed E-state index contributed by atoms with van der Waals surface area (Å²) in [6.45, 7) is 0. The van der Waals surface area contributed by atoms with E-state index in [4.69, 9.17) is 9.84 Å². The summed E-state index contributed by atoms with van der Waals surface area (Å²) in [6, 6.07) is 12.7. The van der Waals surface area contributed by atoms with Crippen LogP contribution in [0.2, 0.25) is 0 Å². The van der Waals surface area contributed by atoms with Gasteiger partial charge in [0.15, 0.2) is 0 Å². The first-order valence-electron chi connectivity index (χ1n) is 8.57. The summed E-state index contributed by atoms with van der Waals surface area (Å²) in [4.78, 5) is 22.9. The number of hydrogen-bond donors (Lipinski definition) is 2. The summed E-state index contributed by atoms with van der Waals surface area (Å²) in [5, 5.41) is 12.7. The van der Waals surface area contributed by atoms with Gasteiger partial charge in [-0.05, 0) is 53.8 Å². The lowest BCUT2D eigenvalue weighted by Crippen LogP contribution is -2.29. The molecule has 0 unspecified atom stereocenters. The molecule has 0 saturated carbocycles. The number of carbonyl (C=O) groups excluding carboxylic acids is 1. The van der Waals surface area contributed by atoms with Crippen molar-refractivity contribution in [2.45, 2.75) is 18.4 Å². The zero-order chi connectivity index (χ0) is 18.3. The van der Waals surface area contributed by atoms with E-state index in [1.165, 1.54) is 7.11 Å². The number of benzene rings is 2. The molecule has 2 aromatic carbocycles. The molecule has 0 aromatic heterocycles. The van der Waals surface area contributed by atoms with Crippen molar-refractivity contribution >= 4 is 17.6 Å². The van der Waals surface area contributed by atoms with E-state index in [9.17, 15) is 9.59 Å². The largest absolute Gasteiger partial charge is 0.478 e. The van der Waals surface area contributed by atoms with E-state index in [0.717, 1.165) is 23.2 Å². The molecule has 26 heavy (non-hydrogen) atoms. The van der Waals surface area contributed by atoms with Gasteiger partial charge in [-0.3, -0.25) is 0 Å². The number of rotatable bonds is 3. The van der Waals surface area contributed by atoms with Gasteiger partial charge in [0.05, 0.1) is 24.3 Å². The van der Waals surface area contributed by atoms with Crippen LogP contribution < -0.4 is 5.32 Å². The summed E-state index contributed by atoms with van der Waals surface area (Å²) in [5.74, 6) is -0.710. The van der Waals surface area contributed by atoms with Crippen LogP contribution in [0.5, 0.6) is 0 Å². The van der Waals surface area contributed by atoms with Crippen LogP contribution in [0.25, 0.3) is 0 Å². The molecule has 5 nitrogen and oxygen atoms in total. The predicted molar refractivity (Wildman–Crippen MR) is 97.5 cm³/mol. The van der Waals surface area contributed by atoms with Crippen molar-refractivity contribution < 1.29 is 19.4 Å². The molecule has 132 valence electrons. The number of ether oxygens (including phenoxy) is 1. The van der Waals surface area contributed by atoms with Crippen molar-refractivity contribution in [2.24, 2.45) is 5.92 Å². The molecule has 1 aliphatic heterocycles. The second-order valence-corrected chi connectivity index (χ2v) is 6.70. The highest BCUT2D eigenvalue weighted by atomic mass is 16.5. The van der Waals surface area contributed by atoms with Gasteiger partial charge in [-0.2, -0.15) is 0 Å². The molecule has 0 fully saturated rings. The zero-order valence-corrected chi connectivity index (χ0v) is 14.3. The van der Waals surface area contributed by atoms with Gasteiger partial charge in [-0.25, -0.2) is 9.59 Å². The minimum atomic E-state index is -0.922. The number of methoxy groups -OCH3 is 1. The zero-order valence-electron chi connectivity index (χ0n) is 14.3. The fraction of sp³-hybridized carbons (Fsp3) is 0.238. The van der Waals surface area contributed by atoms with E-state index in [0.29, 0.717) is 11.5 Å². The van der Waals surface area contributed by atoms with Gasteiger partial charge in [0.2, 0.25) is 0 Å². The molecule has 1 aliphatic carbocycles. The Morgan fingerprint density at radius 2 is 1.85 bits per heavy atom. The second kappa shape index (κ2) is 6.33. The third kappa shape index (κ3) is 2.65. The van der Waals surface area contributed by atoms with Gasteiger partial charge < -0.3 is 15.2 Å². The number of nitrogens with one attached hydrogen (secondary N) is 1. The average Bonchev–Trinajstić information content (AvgIpc) is 3.16. The summed E-state index contributed by atoms with van der Waals surface area (Å²) < 4.78 is 4.83. The number of aromatic carboxylic acids is 1. The molecule has 2 aliphatic rings. The predicted octanol–water partition coefficient (Wildman–Crippen LogP) is 4.00. The first kappa shape index (κ1) is 16.4. The van der Waals surface area contributed by atoms with Crippen LogP contribution in [0.15, 0.2) is 54.6 Å². The molecule has 4 rings (SSSR count). The Kier molecular flexibility index (Phi) is 3.99. The maximum absolute atomic E-state index is 11.9. The van der Waals surface area contributed by atoms with E-state index in [1.807, 2.05) is 24.3 Å². The van der Waals surface area contributed by atoms with Crippen LogP contribution in [-0.2, 0) is 4.74 Å². The Balaban J connectivity index is 1.71. The first-order valence-corrected chi connectivity index (χ1v) is 8.57. The molecule has 0 amide bonds. The second-order valence-electron chi connectivity index (χ2n) is 6.70. The number of carboxylic acids is 1. The fourth-order valence-electron chi connectivity index (χ4n) is 4.00. The topological polar surface area (TPSA) is 75.6 Å². The lowest BCUT2D eigenvalue weighted by Gasteiger charge is -2.37. The quantitative estimate of drug-likeness (QED) is 0.647. The van der Waals surface area contributed by atoms with Crippen molar-refractivity contribution in [2.75, 3.05) is 12.4 Å². The molecular formula is C21H19NO4. The molecule has 0 bridgehead atoms. The van der Waals surface area contributed by atoms with Gasteiger partial charge >= 0.3 is 11.9 Å². The third-order valence-corrected chi connectivity index (χ3v) is 5.30. The van der Waals surface area contributed by atoms with Crippen molar-refractivity contribution in [1.82, 2.24) is 0 Å². The van der Waals surface area contributed by atoms with Crippen molar-refractivity contribution in [3.8, 4) is 0 Å². The summed E-state index contributed by atoms with van der Waals surface area (Å²) >= 11 is 0. The number of fused-ring (bicyclic) bond motifs is 3. The fourth-order valence-corrected chi connectivity index (χ4v) is 4.00. The Hall–Kier alpha value is -3.08. The van der Waals surface area contributed by atoms with Gasteiger partial charge in [0.25, 0.3) is 0 Å². The summed E-state index contributed by atoms with van der Waals surface area (Å²) in [6.07, 6.45) is 5.31. The maximum Gasteiger partial charge on any atom is 0.337 e. The third-order valence-electron chi connectivity index (χ3n) is 5.30. The molecule has 0 spiro atoms. The molecule has 0 radical (unpaired) electrons. The van der Waals surface area contributed by atoms with Crippen LogP contribution in [-0.4, -0.2) is 24.2 Å². The normalized spacial score (nSPS) is 22.9. The Morgan fingerprint density at radius 1 is 1.12 bits per heavy atom. The average molecular weight is 349 g/mol. The monoisotopic (exact) mass is 349 g/mol. The van der Waals surface area contributed by atoms with E-state index < -0.39 is 5.97 Å². The number of carbonyl (C=O) groups is 2. The SMILES string of the molecule is COC(=O)c1ccc2c(c1)[C@@H]1C=CC[C@H]1[C@H](c1ccc(C(=O)O)cc1)N2. The molecule has 3 atom stereocenters. The van der Waals surface area contributed by atoms with E-state index in [1.54, 1.807) is 18.2 Å². The van der Waals surface area contributed by atoms with Crippen molar-refractivity contribution in [1.29, 1.82) is 0 Å². The van der Waals surface area contributed by atoms with Gasteiger partial charge in [-0.15, -0.1) is 0 Å². The molecular weight excluding hydrogens is 330 g/mol. The molecule has 0 saturated heterocycles. The van der Waals surface area contributed by atoms with Crippen LogP contribution in [0.4, 0.5) is 5.69 Å². The van der Waals surface area contributed by atoms with Gasteiger partial charge in [0.1, 0.15) is 0 Å². The number of esters is 1. The van der Waals surface area contributed by atoms with Crippen LogP contribution >= 0.6 is 0 Å². The van der Waals surface area contributed by atoms with Gasteiger partial charge in [0, 0.05) is 11.6 Å². The number of allylic oxidation sites excluding steroid dienone is 2. The highest BCUT2D eigenvalue weighted by molar-refractivity contribution is 5.90. The van der Waals surface area contributed by atoms with Crippen LogP contribution in [0.3, 0.4) is 0 Å². The van der Waals surface area contributed by atoms with E-state index in [-0.39, 0.29) is 23.5 Å². The standard InChI is InChI=1S/C21H19NO4/c1-26-21(25)14-9-10-18-17(11-14)15-3-2-4-16(15)19(22-18)12-5-7-13(8-6-12)20(23)24/h2-3,5-11,15-16,19,22H,4H2,1H3,(H,23,24)/t15-,16-,19+/m1/s1. The Labute approximate surface area is 151 Å².